The minimum Gasteiger partial charge on any atom is -0.382 e. The number of halogens is 3. The number of benzene rings is 1. The lowest BCUT2D eigenvalue weighted by Crippen LogP contribution is -2.28. The van der Waals surface area contributed by atoms with Gasteiger partial charge in [0.05, 0.1) is 12.2 Å². The van der Waals surface area contributed by atoms with Crippen molar-refractivity contribution in [2.75, 3.05) is 16.8 Å². The van der Waals surface area contributed by atoms with Gasteiger partial charge in [-0.05, 0) is 19.1 Å². The fraction of sp³-hybridized carbons (Fsp3) is 0.118. The Hall–Kier alpha value is -3.80. The lowest BCUT2D eigenvalue weighted by molar-refractivity contribution is 0.608. The summed E-state index contributed by atoms with van der Waals surface area (Å²) in [7, 11) is 0. The van der Waals surface area contributed by atoms with Crippen molar-refractivity contribution in [2.45, 2.75) is 13.0 Å². The van der Waals surface area contributed by atoms with Gasteiger partial charge in [-0.15, -0.1) is 0 Å². The largest absolute Gasteiger partial charge is 0.382 e. The van der Waals surface area contributed by atoms with Crippen LogP contribution in [0.15, 0.2) is 29.2 Å². The first-order chi connectivity index (χ1) is 14.3. The number of H-pyrrole nitrogens is 1. The Balaban J connectivity index is 1.95. The van der Waals surface area contributed by atoms with E-state index in [0.717, 1.165) is 16.7 Å². The van der Waals surface area contributed by atoms with E-state index in [-0.39, 0.29) is 34.2 Å². The summed E-state index contributed by atoms with van der Waals surface area (Å²) in [5, 5.41) is 8.86. The third-order valence-electron chi connectivity index (χ3n) is 4.31. The van der Waals surface area contributed by atoms with Gasteiger partial charge in [-0.1, -0.05) is 11.6 Å². The van der Waals surface area contributed by atoms with Crippen molar-refractivity contribution < 1.29 is 8.78 Å². The first kappa shape index (κ1) is 19.5. The second-order valence-electron chi connectivity index (χ2n) is 6.30. The van der Waals surface area contributed by atoms with Crippen LogP contribution in [0, 0.1) is 11.6 Å². The number of anilines is 3. The van der Waals surface area contributed by atoms with Crippen LogP contribution in [0.25, 0.3) is 16.7 Å². The highest BCUT2D eigenvalue weighted by molar-refractivity contribution is 6.35. The molecular weight excluding hydrogens is 420 g/mol. The summed E-state index contributed by atoms with van der Waals surface area (Å²) < 4.78 is 29.8. The third kappa shape index (κ3) is 3.16. The Kier molecular flexibility index (Phi) is 4.70. The van der Waals surface area contributed by atoms with Crippen LogP contribution >= 0.6 is 11.6 Å². The van der Waals surface area contributed by atoms with Gasteiger partial charge < -0.3 is 16.8 Å². The molecule has 6 N–H and O–H groups in total. The van der Waals surface area contributed by atoms with Crippen molar-refractivity contribution >= 4 is 40.1 Å². The molecule has 30 heavy (non-hydrogen) atoms. The average molecular weight is 434 g/mol. The molecule has 10 nitrogen and oxygen atoms in total. The summed E-state index contributed by atoms with van der Waals surface area (Å²) >= 11 is 6.13. The number of aromatic amines is 1. The second-order valence-corrected chi connectivity index (χ2v) is 6.68. The van der Waals surface area contributed by atoms with E-state index in [4.69, 9.17) is 23.1 Å². The highest BCUT2D eigenvalue weighted by Gasteiger charge is 2.23. The molecule has 0 bridgehead atoms. The monoisotopic (exact) mass is 433 g/mol. The van der Waals surface area contributed by atoms with Crippen molar-refractivity contribution in [3.63, 3.8) is 0 Å². The molecule has 0 amide bonds. The highest BCUT2D eigenvalue weighted by atomic mass is 35.5. The zero-order valence-electron chi connectivity index (χ0n) is 15.3. The van der Waals surface area contributed by atoms with Crippen LogP contribution in [0.2, 0.25) is 5.02 Å². The summed E-state index contributed by atoms with van der Waals surface area (Å²) in [6, 6.07) is 2.47. The standard InChI is InChI=1S/C17H14ClF2N9O/c1-6(24-14-11(18)13(21)26-17(22)27-14)15-25-12-8(20)3-2-7(19)10(12)16(30)29(15)9-4-5-23-28-9/h2-6H,1H3,(H,23,28)(H5,21,22,24,26,27)/t6-/m0/s1. The van der Waals surface area contributed by atoms with Crippen molar-refractivity contribution in [2.24, 2.45) is 0 Å². The van der Waals surface area contributed by atoms with Gasteiger partial charge in [-0.3, -0.25) is 9.89 Å². The number of nitrogens with zero attached hydrogens (tertiary/aromatic N) is 5. The second kappa shape index (κ2) is 7.22. The van der Waals surface area contributed by atoms with Gasteiger partial charge in [0, 0.05) is 6.07 Å². The Morgan fingerprint density at radius 2 is 1.90 bits per heavy atom. The van der Waals surface area contributed by atoms with Gasteiger partial charge in [0.15, 0.2) is 5.82 Å². The molecule has 1 aromatic carbocycles. The minimum atomic E-state index is -0.899. The molecule has 0 aliphatic heterocycles. The number of hydrogen-bond donors (Lipinski definition) is 4. The predicted octanol–water partition coefficient (Wildman–Crippen LogP) is 2.17. The summed E-state index contributed by atoms with van der Waals surface area (Å²) in [5.41, 5.74) is 10.1. The number of aromatic nitrogens is 6. The molecule has 0 fully saturated rings. The molecule has 0 spiro atoms. The van der Waals surface area contributed by atoms with Gasteiger partial charge >= 0.3 is 0 Å². The Morgan fingerprint density at radius 1 is 1.17 bits per heavy atom. The van der Waals surface area contributed by atoms with Crippen LogP contribution in [0.1, 0.15) is 18.8 Å². The molecule has 154 valence electrons. The fourth-order valence-corrected chi connectivity index (χ4v) is 3.12. The van der Waals surface area contributed by atoms with E-state index < -0.39 is 34.1 Å². The zero-order chi connectivity index (χ0) is 21.6. The van der Waals surface area contributed by atoms with E-state index in [0.29, 0.717) is 0 Å². The Labute approximate surface area is 171 Å². The van der Waals surface area contributed by atoms with Gasteiger partial charge in [0.1, 0.15) is 45.0 Å². The summed E-state index contributed by atoms with van der Waals surface area (Å²) in [6.45, 7) is 1.61. The molecule has 4 rings (SSSR count). The number of nitrogen functional groups attached to an aromatic ring is 2. The van der Waals surface area contributed by atoms with E-state index in [1.807, 2.05) is 0 Å². The molecule has 0 radical (unpaired) electrons. The molecule has 0 saturated heterocycles. The molecule has 0 aliphatic carbocycles. The quantitative estimate of drug-likeness (QED) is 0.382. The molecular formula is C17H14ClF2N9O. The van der Waals surface area contributed by atoms with Crippen molar-refractivity contribution in [1.82, 2.24) is 29.7 Å². The van der Waals surface area contributed by atoms with Crippen LogP contribution in [-0.2, 0) is 0 Å². The average Bonchev–Trinajstić information content (AvgIpc) is 3.22. The minimum absolute atomic E-state index is 0.00417. The molecule has 1 atom stereocenters. The van der Waals surface area contributed by atoms with Crippen molar-refractivity contribution in [3.05, 3.63) is 57.2 Å². The Morgan fingerprint density at radius 3 is 2.60 bits per heavy atom. The van der Waals surface area contributed by atoms with Crippen molar-refractivity contribution in [3.8, 4) is 5.82 Å². The van der Waals surface area contributed by atoms with E-state index in [1.54, 1.807) is 6.92 Å². The smallest absolute Gasteiger partial charge is 0.270 e. The van der Waals surface area contributed by atoms with Gasteiger partial charge in [-0.25, -0.2) is 18.3 Å². The normalized spacial score (nSPS) is 12.3. The first-order valence-electron chi connectivity index (χ1n) is 8.53. The molecule has 0 unspecified atom stereocenters. The van der Waals surface area contributed by atoms with Crippen LogP contribution in [0.5, 0.6) is 0 Å². The first-order valence-corrected chi connectivity index (χ1v) is 8.91. The van der Waals surface area contributed by atoms with E-state index in [2.05, 4.69) is 30.5 Å². The molecule has 3 heterocycles. The maximum absolute atomic E-state index is 14.4. The predicted molar refractivity (Wildman–Crippen MR) is 107 cm³/mol. The van der Waals surface area contributed by atoms with Crippen LogP contribution in [0.4, 0.5) is 26.4 Å². The van der Waals surface area contributed by atoms with E-state index in [1.165, 1.54) is 12.3 Å². The number of rotatable bonds is 4. The summed E-state index contributed by atoms with van der Waals surface area (Å²) in [6.07, 6.45) is 1.40. The van der Waals surface area contributed by atoms with E-state index in [9.17, 15) is 13.6 Å². The number of fused-ring (bicyclic) bond motifs is 1. The maximum Gasteiger partial charge on any atom is 0.270 e. The summed E-state index contributed by atoms with van der Waals surface area (Å²) in [5.74, 6) is -1.60. The molecule has 0 saturated carbocycles. The lowest BCUT2D eigenvalue weighted by atomic mass is 10.2. The van der Waals surface area contributed by atoms with Gasteiger partial charge in [-0.2, -0.15) is 15.1 Å². The van der Waals surface area contributed by atoms with Gasteiger partial charge in [0.25, 0.3) is 5.56 Å². The van der Waals surface area contributed by atoms with Gasteiger partial charge in [0.2, 0.25) is 5.95 Å². The summed E-state index contributed by atoms with van der Waals surface area (Å²) in [4.78, 5) is 25.0. The number of nitrogens with one attached hydrogen (secondary N) is 2. The number of nitrogens with two attached hydrogens (primary N) is 2. The van der Waals surface area contributed by atoms with Crippen molar-refractivity contribution in [1.29, 1.82) is 0 Å². The maximum atomic E-state index is 14.4. The molecule has 0 aliphatic rings. The zero-order valence-corrected chi connectivity index (χ0v) is 16.1. The van der Waals surface area contributed by atoms with E-state index >= 15 is 0 Å². The molecule has 13 heteroatoms. The Bertz CT molecular complexity index is 1320. The third-order valence-corrected chi connectivity index (χ3v) is 4.68. The molecule has 4 aromatic rings. The van der Waals surface area contributed by atoms with Crippen LogP contribution in [-0.4, -0.2) is 29.7 Å². The number of hydrogen-bond acceptors (Lipinski definition) is 8. The fourth-order valence-electron chi connectivity index (χ4n) is 2.98. The highest BCUT2D eigenvalue weighted by Crippen LogP contribution is 2.29. The van der Waals surface area contributed by atoms with Crippen LogP contribution < -0.4 is 22.3 Å². The van der Waals surface area contributed by atoms with Crippen LogP contribution in [0.3, 0.4) is 0 Å². The molecule has 3 aromatic heterocycles. The topological polar surface area (TPSA) is 153 Å². The lowest BCUT2D eigenvalue weighted by Gasteiger charge is -2.20. The SMILES string of the molecule is C[C@H](Nc1nc(N)nc(N)c1Cl)c1nc2c(F)ccc(F)c2c(=O)n1-c1ccn[nH]1.